The second-order valence-corrected chi connectivity index (χ2v) is 4.00. The summed E-state index contributed by atoms with van der Waals surface area (Å²) in [5, 5.41) is 15.3. The number of carbonyl (C=O) groups excluding carboxylic acids is 1. The minimum atomic E-state index is -1.14. The second kappa shape index (κ2) is 4.92. The molecule has 0 aliphatic carbocycles. The van der Waals surface area contributed by atoms with E-state index in [9.17, 15) is 9.59 Å². The first-order chi connectivity index (χ1) is 8.97. The molecule has 0 aromatic carbocycles. The van der Waals surface area contributed by atoms with Gasteiger partial charge in [0.2, 0.25) is 0 Å². The first-order valence-electron chi connectivity index (χ1n) is 5.42. The van der Waals surface area contributed by atoms with Gasteiger partial charge in [0.25, 0.3) is 5.91 Å². The highest BCUT2D eigenvalue weighted by molar-refractivity contribution is 5.95. The van der Waals surface area contributed by atoms with E-state index in [-0.39, 0.29) is 17.9 Å². The molecule has 2 N–H and O–H groups in total. The lowest BCUT2D eigenvalue weighted by Gasteiger charge is -2.12. The molecule has 100 valence electrons. The summed E-state index contributed by atoms with van der Waals surface area (Å²) in [5.41, 5.74) is -0.0644. The highest BCUT2D eigenvalue weighted by Crippen LogP contribution is 2.11. The summed E-state index contributed by atoms with van der Waals surface area (Å²) in [6.07, 6.45) is 1.03. The number of amides is 1. The SMILES string of the molecule is Cc1nc(CN(C)C(=O)c2cc(C(=O)O)co2)n[nH]1. The molecule has 0 atom stereocenters. The molecule has 8 heteroatoms. The van der Waals surface area contributed by atoms with Crippen molar-refractivity contribution in [3.8, 4) is 0 Å². The maximum absolute atomic E-state index is 12.0. The van der Waals surface area contributed by atoms with E-state index in [1.807, 2.05) is 0 Å². The molecule has 0 saturated carbocycles. The van der Waals surface area contributed by atoms with Gasteiger partial charge in [-0.15, -0.1) is 0 Å². The number of rotatable bonds is 4. The molecule has 0 aliphatic rings. The van der Waals surface area contributed by atoms with Crippen molar-refractivity contribution in [2.24, 2.45) is 0 Å². The first-order valence-corrected chi connectivity index (χ1v) is 5.42. The summed E-state index contributed by atoms with van der Waals surface area (Å²) >= 11 is 0. The Hall–Kier alpha value is -2.64. The van der Waals surface area contributed by atoms with Crippen LogP contribution in [-0.4, -0.2) is 44.1 Å². The monoisotopic (exact) mass is 264 g/mol. The van der Waals surface area contributed by atoms with E-state index in [1.54, 1.807) is 14.0 Å². The van der Waals surface area contributed by atoms with Crippen molar-refractivity contribution in [3.63, 3.8) is 0 Å². The first kappa shape index (κ1) is 12.8. The fourth-order valence-corrected chi connectivity index (χ4v) is 1.49. The van der Waals surface area contributed by atoms with Crippen LogP contribution < -0.4 is 0 Å². The minimum Gasteiger partial charge on any atom is -0.478 e. The average Bonchev–Trinajstić information content (AvgIpc) is 2.97. The van der Waals surface area contributed by atoms with Crippen LogP contribution in [0.1, 0.15) is 32.6 Å². The Morgan fingerprint density at radius 3 is 2.79 bits per heavy atom. The van der Waals surface area contributed by atoms with Crippen LogP contribution in [0.2, 0.25) is 0 Å². The van der Waals surface area contributed by atoms with Gasteiger partial charge in [0, 0.05) is 13.1 Å². The van der Waals surface area contributed by atoms with Crippen LogP contribution in [0.4, 0.5) is 0 Å². The molecule has 0 unspecified atom stereocenters. The molecule has 0 spiro atoms. The molecule has 19 heavy (non-hydrogen) atoms. The van der Waals surface area contributed by atoms with Crippen LogP contribution in [-0.2, 0) is 6.54 Å². The zero-order valence-corrected chi connectivity index (χ0v) is 10.4. The quantitative estimate of drug-likeness (QED) is 0.839. The minimum absolute atomic E-state index is 0.0350. The number of aromatic nitrogens is 3. The van der Waals surface area contributed by atoms with Crippen LogP contribution in [0, 0.1) is 6.92 Å². The standard InChI is InChI=1S/C11H12N4O4/c1-6-12-9(14-13-6)4-15(2)10(16)8-3-7(5-19-8)11(17)18/h3,5H,4H2,1-2H3,(H,17,18)(H,12,13,14). The van der Waals surface area contributed by atoms with Crippen LogP contribution >= 0.6 is 0 Å². The van der Waals surface area contributed by atoms with Gasteiger partial charge in [-0.3, -0.25) is 9.89 Å². The van der Waals surface area contributed by atoms with Gasteiger partial charge in [-0.05, 0) is 6.92 Å². The van der Waals surface area contributed by atoms with Crippen molar-refractivity contribution in [1.82, 2.24) is 20.1 Å². The Morgan fingerprint density at radius 2 is 2.26 bits per heavy atom. The fraction of sp³-hybridized carbons (Fsp3) is 0.273. The number of hydrogen-bond donors (Lipinski definition) is 2. The Morgan fingerprint density at radius 1 is 1.53 bits per heavy atom. The normalized spacial score (nSPS) is 10.4. The average molecular weight is 264 g/mol. The highest BCUT2D eigenvalue weighted by Gasteiger charge is 2.19. The van der Waals surface area contributed by atoms with E-state index >= 15 is 0 Å². The Kier molecular flexibility index (Phi) is 3.32. The summed E-state index contributed by atoms with van der Waals surface area (Å²) in [4.78, 5) is 28.1. The molecule has 0 bridgehead atoms. The van der Waals surface area contributed by atoms with Gasteiger partial charge in [0.05, 0.1) is 12.1 Å². The second-order valence-electron chi connectivity index (χ2n) is 4.00. The third kappa shape index (κ3) is 2.79. The van der Waals surface area contributed by atoms with Gasteiger partial charge in [0.1, 0.15) is 12.1 Å². The predicted octanol–water partition coefficient (Wildman–Crippen LogP) is 0.677. The van der Waals surface area contributed by atoms with Gasteiger partial charge in [-0.25, -0.2) is 9.78 Å². The number of nitrogens with one attached hydrogen (secondary N) is 1. The maximum atomic E-state index is 12.0. The van der Waals surface area contributed by atoms with Crippen LogP contribution in [0.3, 0.4) is 0 Å². The van der Waals surface area contributed by atoms with Crippen molar-refractivity contribution < 1.29 is 19.1 Å². The van der Waals surface area contributed by atoms with Crippen LogP contribution in [0.25, 0.3) is 0 Å². The number of hydrogen-bond acceptors (Lipinski definition) is 5. The zero-order valence-electron chi connectivity index (χ0n) is 10.4. The Labute approximate surface area is 108 Å². The molecular formula is C11H12N4O4. The van der Waals surface area contributed by atoms with Crippen LogP contribution in [0.15, 0.2) is 16.7 Å². The summed E-state index contributed by atoms with van der Waals surface area (Å²) in [5.74, 6) is -0.488. The van der Waals surface area contributed by atoms with E-state index < -0.39 is 11.9 Å². The van der Waals surface area contributed by atoms with Gasteiger partial charge in [-0.1, -0.05) is 0 Å². The van der Waals surface area contributed by atoms with E-state index in [1.165, 1.54) is 11.0 Å². The van der Waals surface area contributed by atoms with E-state index in [0.29, 0.717) is 11.6 Å². The summed E-state index contributed by atoms with van der Waals surface area (Å²) in [7, 11) is 1.55. The Balaban J connectivity index is 2.07. The fourth-order valence-electron chi connectivity index (χ4n) is 1.49. The molecule has 0 fully saturated rings. The number of H-pyrrole nitrogens is 1. The molecule has 0 saturated heterocycles. The predicted molar refractivity (Wildman–Crippen MR) is 62.6 cm³/mol. The van der Waals surface area contributed by atoms with Crippen molar-refractivity contribution in [2.75, 3.05) is 7.05 Å². The van der Waals surface area contributed by atoms with Gasteiger partial charge in [-0.2, -0.15) is 5.10 Å². The third-order valence-electron chi connectivity index (χ3n) is 2.43. The zero-order chi connectivity index (χ0) is 14.0. The molecular weight excluding hydrogens is 252 g/mol. The lowest BCUT2D eigenvalue weighted by atomic mass is 10.3. The number of aromatic amines is 1. The van der Waals surface area contributed by atoms with Crippen molar-refractivity contribution in [1.29, 1.82) is 0 Å². The summed E-state index contributed by atoms with van der Waals surface area (Å²) in [6.45, 7) is 1.95. The van der Waals surface area contributed by atoms with Crippen molar-refractivity contribution in [3.05, 3.63) is 35.3 Å². The van der Waals surface area contributed by atoms with E-state index in [0.717, 1.165) is 6.26 Å². The molecule has 0 aliphatic heterocycles. The number of carbonyl (C=O) groups is 2. The highest BCUT2D eigenvalue weighted by atomic mass is 16.4. The number of furan rings is 1. The molecule has 2 rings (SSSR count). The number of carboxylic acids is 1. The number of nitrogens with zero attached hydrogens (tertiary/aromatic N) is 3. The molecule has 2 aromatic heterocycles. The molecule has 2 heterocycles. The Bertz CT molecular complexity index is 616. The molecule has 0 radical (unpaired) electrons. The van der Waals surface area contributed by atoms with E-state index in [2.05, 4.69) is 15.2 Å². The molecule has 8 nitrogen and oxygen atoms in total. The lowest BCUT2D eigenvalue weighted by molar-refractivity contribution is 0.0695. The molecule has 1 amide bonds. The van der Waals surface area contributed by atoms with E-state index in [4.69, 9.17) is 9.52 Å². The van der Waals surface area contributed by atoms with Gasteiger partial charge in [0.15, 0.2) is 11.6 Å². The number of aryl methyl sites for hydroxylation is 1. The maximum Gasteiger partial charge on any atom is 0.338 e. The summed E-state index contributed by atoms with van der Waals surface area (Å²) in [6, 6.07) is 1.18. The third-order valence-corrected chi connectivity index (χ3v) is 2.43. The van der Waals surface area contributed by atoms with Crippen LogP contribution in [0.5, 0.6) is 0 Å². The van der Waals surface area contributed by atoms with Gasteiger partial charge < -0.3 is 14.4 Å². The lowest BCUT2D eigenvalue weighted by Crippen LogP contribution is -2.26. The van der Waals surface area contributed by atoms with Crippen molar-refractivity contribution in [2.45, 2.75) is 13.5 Å². The van der Waals surface area contributed by atoms with Gasteiger partial charge >= 0.3 is 5.97 Å². The number of carboxylic acid groups (broad SMARTS) is 1. The number of aromatic carboxylic acids is 1. The summed E-state index contributed by atoms with van der Waals surface area (Å²) < 4.78 is 4.93. The molecule has 2 aromatic rings. The topological polar surface area (TPSA) is 112 Å². The smallest absolute Gasteiger partial charge is 0.338 e. The largest absolute Gasteiger partial charge is 0.478 e. The van der Waals surface area contributed by atoms with Crippen molar-refractivity contribution >= 4 is 11.9 Å².